The van der Waals surface area contributed by atoms with E-state index in [4.69, 9.17) is 4.98 Å². The molecule has 0 aliphatic carbocycles. The zero-order valence-electron chi connectivity index (χ0n) is 11.5. The van der Waals surface area contributed by atoms with Gasteiger partial charge in [0.05, 0.1) is 17.3 Å². The van der Waals surface area contributed by atoms with Gasteiger partial charge in [-0.25, -0.2) is 9.37 Å². The molecule has 0 aliphatic rings. The molecule has 0 amide bonds. The molecule has 3 rings (SSSR count). The molecule has 1 N–H and O–H groups in total. The van der Waals surface area contributed by atoms with Gasteiger partial charge in [0.1, 0.15) is 5.82 Å². The molecule has 21 heavy (non-hydrogen) atoms. The van der Waals surface area contributed by atoms with Crippen molar-refractivity contribution in [2.75, 3.05) is 7.05 Å². The minimum absolute atomic E-state index is 0.167. The Morgan fingerprint density at radius 2 is 1.90 bits per heavy atom. The van der Waals surface area contributed by atoms with Gasteiger partial charge in [0.2, 0.25) is 0 Å². The second kappa shape index (κ2) is 5.92. The van der Waals surface area contributed by atoms with Gasteiger partial charge in [-0.3, -0.25) is 0 Å². The smallest absolute Gasteiger partial charge is 0.123 e. The van der Waals surface area contributed by atoms with E-state index in [-0.39, 0.29) is 11.9 Å². The first-order valence-corrected chi connectivity index (χ1v) is 7.46. The Kier molecular flexibility index (Phi) is 3.99. The van der Waals surface area contributed by atoms with Crippen LogP contribution in [-0.2, 0) is 0 Å². The quantitative estimate of drug-likeness (QED) is 0.759. The first-order valence-electron chi connectivity index (χ1n) is 6.67. The fraction of sp³-hybridized carbons (Fsp3) is 0.118. The molecular weight excluding hydrogens is 331 g/mol. The maximum Gasteiger partial charge on any atom is 0.123 e. The summed E-state index contributed by atoms with van der Waals surface area (Å²) >= 11 is 3.58. The zero-order chi connectivity index (χ0) is 14.8. The average Bonchev–Trinajstić information content (AvgIpc) is 2.48. The highest BCUT2D eigenvalue weighted by Gasteiger charge is 2.17. The maximum atomic E-state index is 13.5. The van der Waals surface area contributed by atoms with Gasteiger partial charge in [-0.05, 0) is 52.8 Å². The van der Waals surface area contributed by atoms with E-state index >= 15 is 0 Å². The summed E-state index contributed by atoms with van der Waals surface area (Å²) in [7, 11) is 1.85. The van der Waals surface area contributed by atoms with Crippen molar-refractivity contribution in [3.8, 4) is 0 Å². The molecule has 0 saturated carbocycles. The van der Waals surface area contributed by atoms with Crippen LogP contribution in [0.3, 0.4) is 0 Å². The number of nitrogens with zero attached hydrogens (tertiary/aromatic N) is 1. The minimum Gasteiger partial charge on any atom is -0.308 e. The van der Waals surface area contributed by atoms with Gasteiger partial charge in [0, 0.05) is 9.86 Å². The molecule has 1 heterocycles. The molecule has 0 spiro atoms. The predicted octanol–water partition coefficient (Wildman–Crippen LogP) is 4.45. The molecule has 2 aromatic carbocycles. The van der Waals surface area contributed by atoms with E-state index in [9.17, 15) is 4.39 Å². The van der Waals surface area contributed by atoms with Crippen LogP contribution in [0.1, 0.15) is 17.3 Å². The third kappa shape index (κ3) is 2.82. The van der Waals surface area contributed by atoms with Gasteiger partial charge in [-0.15, -0.1) is 0 Å². The zero-order valence-corrected chi connectivity index (χ0v) is 13.1. The fourth-order valence-electron chi connectivity index (χ4n) is 2.45. The first kappa shape index (κ1) is 14.2. The van der Waals surface area contributed by atoms with E-state index in [1.807, 2.05) is 43.4 Å². The van der Waals surface area contributed by atoms with Crippen LogP contribution in [0.5, 0.6) is 0 Å². The van der Waals surface area contributed by atoms with E-state index < -0.39 is 0 Å². The molecule has 0 radical (unpaired) electrons. The van der Waals surface area contributed by atoms with Crippen molar-refractivity contribution in [3.63, 3.8) is 0 Å². The lowest BCUT2D eigenvalue weighted by Crippen LogP contribution is -2.19. The normalized spacial score (nSPS) is 12.5. The molecule has 0 saturated heterocycles. The number of hydrogen-bond acceptors (Lipinski definition) is 2. The highest BCUT2D eigenvalue weighted by Crippen LogP contribution is 2.29. The summed E-state index contributed by atoms with van der Waals surface area (Å²) in [5, 5.41) is 4.28. The molecule has 4 heteroatoms. The molecule has 1 atom stereocenters. The molecule has 1 aromatic heterocycles. The van der Waals surface area contributed by atoms with Gasteiger partial charge in [0.25, 0.3) is 0 Å². The van der Waals surface area contributed by atoms with Gasteiger partial charge in [-0.1, -0.05) is 30.3 Å². The molecule has 0 bridgehead atoms. The molecule has 3 aromatic rings. The summed E-state index contributed by atoms with van der Waals surface area (Å²) in [6.45, 7) is 0. The summed E-state index contributed by atoms with van der Waals surface area (Å²) in [4.78, 5) is 4.72. The standard InChI is InChI=1S/C17H14BrFN2/c1-20-16(12-6-4-7-13(19)9-12)17-14(18)10-11-5-2-3-8-15(11)21-17/h2-10,16,20H,1H3. The SMILES string of the molecule is CNC(c1cccc(F)c1)c1nc2ccccc2cc1Br. The molecular formula is C17H14BrFN2. The van der Waals surface area contributed by atoms with Gasteiger partial charge in [0.15, 0.2) is 0 Å². The van der Waals surface area contributed by atoms with Gasteiger partial charge in [-0.2, -0.15) is 0 Å². The van der Waals surface area contributed by atoms with E-state index in [1.54, 1.807) is 6.07 Å². The van der Waals surface area contributed by atoms with Gasteiger partial charge < -0.3 is 5.32 Å². The lowest BCUT2D eigenvalue weighted by atomic mass is 10.0. The minimum atomic E-state index is -0.246. The van der Waals surface area contributed by atoms with Gasteiger partial charge >= 0.3 is 0 Å². The Balaban J connectivity index is 2.14. The number of pyridine rings is 1. The molecule has 0 aliphatic heterocycles. The molecule has 106 valence electrons. The largest absolute Gasteiger partial charge is 0.308 e. The van der Waals surface area contributed by atoms with Crippen molar-refractivity contribution in [2.45, 2.75) is 6.04 Å². The van der Waals surface area contributed by atoms with E-state index in [0.717, 1.165) is 26.6 Å². The highest BCUT2D eigenvalue weighted by atomic mass is 79.9. The second-order valence-electron chi connectivity index (χ2n) is 4.82. The number of para-hydroxylation sites is 1. The van der Waals surface area contributed by atoms with Crippen molar-refractivity contribution < 1.29 is 4.39 Å². The summed E-state index contributed by atoms with van der Waals surface area (Å²) in [6.07, 6.45) is 0. The number of aromatic nitrogens is 1. The predicted molar refractivity (Wildman–Crippen MR) is 86.7 cm³/mol. The van der Waals surface area contributed by atoms with Crippen LogP contribution in [0.2, 0.25) is 0 Å². The number of fused-ring (bicyclic) bond motifs is 1. The second-order valence-corrected chi connectivity index (χ2v) is 5.68. The Morgan fingerprint density at radius 1 is 1.10 bits per heavy atom. The summed E-state index contributed by atoms with van der Waals surface area (Å²) in [5.41, 5.74) is 2.62. The number of benzene rings is 2. The van der Waals surface area contributed by atoms with Crippen molar-refractivity contribution >= 4 is 26.8 Å². The Bertz CT molecular complexity index is 789. The van der Waals surface area contributed by atoms with E-state index in [1.165, 1.54) is 12.1 Å². The summed E-state index contributed by atoms with van der Waals surface area (Å²) in [5.74, 6) is -0.246. The topological polar surface area (TPSA) is 24.9 Å². The maximum absolute atomic E-state index is 13.5. The molecule has 0 fully saturated rings. The third-order valence-electron chi connectivity index (χ3n) is 3.45. The first-order chi connectivity index (χ1) is 10.2. The number of halogens is 2. The van der Waals surface area contributed by atoms with Crippen LogP contribution in [0, 0.1) is 5.82 Å². The monoisotopic (exact) mass is 344 g/mol. The van der Waals surface area contributed by atoms with Crippen LogP contribution >= 0.6 is 15.9 Å². The Morgan fingerprint density at radius 3 is 2.67 bits per heavy atom. The van der Waals surface area contributed by atoms with Crippen molar-refractivity contribution in [1.29, 1.82) is 0 Å². The summed E-state index contributed by atoms with van der Waals surface area (Å²) in [6, 6.07) is 16.4. The van der Waals surface area contributed by atoms with Crippen molar-refractivity contribution in [3.05, 3.63) is 76.1 Å². The Labute approximate surface area is 131 Å². The third-order valence-corrected chi connectivity index (χ3v) is 4.08. The van der Waals surface area contributed by atoms with Crippen LogP contribution < -0.4 is 5.32 Å². The lowest BCUT2D eigenvalue weighted by Gasteiger charge is -2.18. The average molecular weight is 345 g/mol. The van der Waals surface area contributed by atoms with Crippen LogP contribution in [0.25, 0.3) is 10.9 Å². The molecule has 1 unspecified atom stereocenters. The number of nitrogens with one attached hydrogen (secondary N) is 1. The number of rotatable bonds is 3. The van der Waals surface area contributed by atoms with Crippen LogP contribution in [-0.4, -0.2) is 12.0 Å². The van der Waals surface area contributed by atoms with E-state index in [0.29, 0.717) is 0 Å². The molecule has 2 nitrogen and oxygen atoms in total. The van der Waals surface area contributed by atoms with Crippen molar-refractivity contribution in [2.24, 2.45) is 0 Å². The Hall–Kier alpha value is -1.78. The lowest BCUT2D eigenvalue weighted by molar-refractivity contribution is 0.614. The fourth-order valence-corrected chi connectivity index (χ4v) is 3.02. The van der Waals surface area contributed by atoms with Crippen LogP contribution in [0.15, 0.2) is 59.1 Å². The number of hydrogen-bond donors (Lipinski definition) is 1. The van der Waals surface area contributed by atoms with Crippen molar-refractivity contribution in [1.82, 2.24) is 10.3 Å². The summed E-state index contributed by atoms with van der Waals surface area (Å²) < 4.78 is 14.4. The van der Waals surface area contributed by atoms with Crippen LogP contribution in [0.4, 0.5) is 4.39 Å². The highest BCUT2D eigenvalue weighted by molar-refractivity contribution is 9.10. The van der Waals surface area contributed by atoms with E-state index in [2.05, 4.69) is 21.2 Å².